The van der Waals surface area contributed by atoms with Crippen molar-refractivity contribution < 1.29 is 13.2 Å². The van der Waals surface area contributed by atoms with Gasteiger partial charge in [-0.3, -0.25) is 0 Å². The summed E-state index contributed by atoms with van der Waals surface area (Å²) in [5.74, 6) is -3.03. The van der Waals surface area contributed by atoms with E-state index in [0.717, 1.165) is 18.2 Å². The van der Waals surface area contributed by atoms with E-state index < -0.39 is 11.6 Å². The van der Waals surface area contributed by atoms with Crippen molar-refractivity contribution in [2.45, 2.75) is 39.3 Å². The van der Waals surface area contributed by atoms with Gasteiger partial charge in [0.25, 0.3) is 5.92 Å². The molecule has 130 valence electrons. The summed E-state index contributed by atoms with van der Waals surface area (Å²) in [7, 11) is 0. The van der Waals surface area contributed by atoms with E-state index in [1.807, 2.05) is 31.2 Å². The molecule has 0 radical (unpaired) electrons. The van der Waals surface area contributed by atoms with Gasteiger partial charge >= 0.3 is 0 Å². The van der Waals surface area contributed by atoms with Crippen LogP contribution in [0, 0.1) is 6.92 Å². The molecule has 0 amide bonds. The molecule has 2 rings (SSSR count). The van der Waals surface area contributed by atoms with E-state index in [9.17, 15) is 13.2 Å². The minimum absolute atomic E-state index is 0.205. The lowest BCUT2D eigenvalue weighted by Gasteiger charge is -2.21. The summed E-state index contributed by atoms with van der Waals surface area (Å²) in [5.41, 5.74) is 0.844. The molecule has 2 N–H and O–H groups in total. The van der Waals surface area contributed by atoms with Gasteiger partial charge in [0.1, 0.15) is 5.67 Å². The Morgan fingerprint density at radius 2 is 1.33 bits per heavy atom. The Morgan fingerprint density at radius 3 is 1.88 bits per heavy atom. The normalized spacial score (nSPS) is 12.1. The Hall–Kier alpha value is -2.17. The van der Waals surface area contributed by atoms with Gasteiger partial charge in [0.05, 0.1) is 6.67 Å². The highest BCUT2D eigenvalue weighted by atomic mass is 19.3. The van der Waals surface area contributed by atoms with E-state index in [1.165, 1.54) is 26.0 Å². The molecule has 24 heavy (non-hydrogen) atoms. The Labute approximate surface area is 141 Å². The molecule has 0 aliphatic carbocycles. The quantitative estimate of drug-likeness (QED) is 0.652. The summed E-state index contributed by atoms with van der Waals surface area (Å²) < 4.78 is 41.5. The standard InChI is InChI=1S/C19H23F3N2/c1-13-5-7-16(8-6-13)23-12-24-17-10-14(18(2,3)20)9-15(11-17)19(4,21)22/h5-11,23-24H,12H2,1-4H3. The van der Waals surface area contributed by atoms with Crippen LogP contribution in [0.15, 0.2) is 42.5 Å². The summed E-state index contributed by atoms with van der Waals surface area (Å²) in [4.78, 5) is 0. The third-order valence-corrected chi connectivity index (χ3v) is 3.76. The largest absolute Gasteiger partial charge is 0.368 e. The molecule has 2 nitrogen and oxygen atoms in total. The smallest absolute Gasteiger partial charge is 0.270 e. The van der Waals surface area contributed by atoms with Crippen LogP contribution < -0.4 is 10.6 Å². The van der Waals surface area contributed by atoms with Crippen molar-refractivity contribution in [2.24, 2.45) is 0 Å². The SMILES string of the molecule is Cc1ccc(NCNc2cc(C(C)(C)F)cc(C(C)(F)F)c2)cc1. The van der Waals surface area contributed by atoms with Gasteiger partial charge < -0.3 is 10.6 Å². The maximum atomic E-state index is 14.2. The van der Waals surface area contributed by atoms with Gasteiger partial charge in [-0.25, -0.2) is 13.2 Å². The maximum Gasteiger partial charge on any atom is 0.270 e. The van der Waals surface area contributed by atoms with Crippen LogP contribution in [0.3, 0.4) is 0 Å². The maximum absolute atomic E-state index is 14.2. The molecule has 0 spiro atoms. The van der Waals surface area contributed by atoms with Crippen molar-refractivity contribution in [2.75, 3.05) is 17.3 Å². The second-order valence-corrected chi connectivity index (χ2v) is 6.56. The number of anilines is 2. The van der Waals surface area contributed by atoms with Crippen LogP contribution >= 0.6 is 0 Å². The summed E-state index contributed by atoms with van der Waals surface area (Å²) >= 11 is 0. The Kier molecular flexibility index (Phi) is 5.11. The van der Waals surface area contributed by atoms with E-state index in [0.29, 0.717) is 12.4 Å². The van der Waals surface area contributed by atoms with Gasteiger partial charge in [-0.2, -0.15) is 0 Å². The van der Waals surface area contributed by atoms with Crippen molar-refractivity contribution in [1.82, 2.24) is 0 Å². The first-order valence-corrected chi connectivity index (χ1v) is 7.83. The van der Waals surface area contributed by atoms with Crippen LogP contribution in [-0.4, -0.2) is 6.67 Å². The number of hydrogen-bond donors (Lipinski definition) is 2. The number of nitrogens with one attached hydrogen (secondary N) is 2. The van der Waals surface area contributed by atoms with Crippen LogP contribution in [0.5, 0.6) is 0 Å². The molecule has 0 unspecified atom stereocenters. The predicted octanol–water partition coefficient (Wildman–Crippen LogP) is 5.79. The van der Waals surface area contributed by atoms with Crippen LogP contribution in [0.4, 0.5) is 24.5 Å². The van der Waals surface area contributed by atoms with Crippen molar-refractivity contribution in [3.05, 3.63) is 59.2 Å². The average molecular weight is 336 g/mol. The predicted molar refractivity (Wildman–Crippen MR) is 93.4 cm³/mol. The third-order valence-electron chi connectivity index (χ3n) is 3.76. The zero-order chi connectivity index (χ0) is 18.0. The molecule has 0 aliphatic rings. The van der Waals surface area contributed by atoms with Crippen LogP contribution in [0.1, 0.15) is 37.5 Å². The average Bonchev–Trinajstić information content (AvgIpc) is 2.47. The highest BCUT2D eigenvalue weighted by molar-refractivity contribution is 5.53. The molecule has 0 atom stereocenters. The van der Waals surface area contributed by atoms with Crippen LogP contribution in [0.25, 0.3) is 0 Å². The molecular weight excluding hydrogens is 313 g/mol. The zero-order valence-corrected chi connectivity index (χ0v) is 14.4. The van der Waals surface area contributed by atoms with Crippen LogP contribution in [-0.2, 0) is 11.6 Å². The first kappa shape index (κ1) is 18.2. The Balaban J connectivity index is 2.15. The number of halogens is 3. The number of alkyl halides is 3. The number of aryl methyl sites for hydroxylation is 1. The van der Waals surface area contributed by atoms with Gasteiger partial charge in [0, 0.05) is 23.9 Å². The molecule has 0 saturated heterocycles. The van der Waals surface area contributed by atoms with Gasteiger partial charge in [0.2, 0.25) is 0 Å². The Bertz CT molecular complexity index is 651. The molecule has 0 bridgehead atoms. The topological polar surface area (TPSA) is 24.1 Å². The van der Waals surface area contributed by atoms with E-state index in [2.05, 4.69) is 10.6 Å². The summed E-state index contributed by atoms with van der Waals surface area (Å²) in [6, 6.07) is 12.0. The van der Waals surface area contributed by atoms with E-state index in [-0.39, 0.29) is 11.1 Å². The highest BCUT2D eigenvalue weighted by Crippen LogP contribution is 2.34. The third kappa shape index (κ3) is 4.91. The lowest BCUT2D eigenvalue weighted by Crippen LogP contribution is -2.16. The van der Waals surface area contributed by atoms with Crippen LogP contribution in [0.2, 0.25) is 0 Å². The summed E-state index contributed by atoms with van der Waals surface area (Å²) in [6.07, 6.45) is 0. The van der Waals surface area contributed by atoms with E-state index in [1.54, 1.807) is 6.07 Å². The van der Waals surface area contributed by atoms with Gasteiger partial charge in [0.15, 0.2) is 0 Å². The minimum Gasteiger partial charge on any atom is -0.368 e. The fraction of sp³-hybridized carbons (Fsp3) is 0.368. The van der Waals surface area contributed by atoms with Gasteiger partial charge in [-0.1, -0.05) is 17.7 Å². The number of hydrogen-bond acceptors (Lipinski definition) is 2. The molecule has 0 heterocycles. The molecule has 0 aromatic heterocycles. The molecule has 2 aromatic rings. The number of rotatable bonds is 6. The fourth-order valence-electron chi connectivity index (χ4n) is 2.25. The zero-order valence-electron chi connectivity index (χ0n) is 14.4. The second-order valence-electron chi connectivity index (χ2n) is 6.56. The first-order chi connectivity index (χ1) is 11.1. The summed E-state index contributed by atoms with van der Waals surface area (Å²) in [5, 5.41) is 6.17. The lowest BCUT2D eigenvalue weighted by molar-refractivity contribution is 0.0172. The molecule has 2 aromatic carbocycles. The molecule has 5 heteroatoms. The Morgan fingerprint density at radius 1 is 0.792 bits per heavy atom. The molecule has 0 saturated carbocycles. The number of benzene rings is 2. The van der Waals surface area contributed by atoms with E-state index in [4.69, 9.17) is 0 Å². The first-order valence-electron chi connectivity index (χ1n) is 7.83. The fourth-order valence-corrected chi connectivity index (χ4v) is 2.25. The molecule has 0 fully saturated rings. The van der Waals surface area contributed by atoms with Crippen molar-refractivity contribution in [3.63, 3.8) is 0 Å². The van der Waals surface area contributed by atoms with Crippen molar-refractivity contribution in [1.29, 1.82) is 0 Å². The molecular formula is C19H23F3N2. The van der Waals surface area contributed by atoms with Gasteiger partial charge in [-0.05, 0) is 56.7 Å². The lowest BCUT2D eigenvalue weighted by atomic mass is 9.95. The minimum atomic E-state index is -3.03. The van der Waals surface area contributed by atoms with E-state index >= 15 is 0 Å². The van der Waals surface area contributed by atoms with Gasteiger partial charge in [-0.15, -0.1) is 0 Å². The second kappa shape index (κ2) is 6.75. The monoisotopic (exact) mass is 336 g/mol. The highest BCUT2D eigenvalue weighted by Gasteiger charge is 2.28. The van der Waals surface area contributed by atoms with Crippen molar-refractivity contribution in [3.8, 4) is 0 Å². The molecule has 0 aliphatic heterocycles. The van der Waals surface area contributed by atoms with Crippen molar-refractivity contribution >= 4 is 11.4 Å². The summed E-state index contributed by atoms with van der Waals surface area (Å²) in [6.45, 7) is 5.86.